The Morgan fingerprint density at radius 3 is 2.70 bits per heavy atom. The number of ether oxygens (including phenoxy) is 2. The van der Waals surface area contributed by atoms with Crippen LogP contribution >= 0.6 is 11.8 Å². The van der Waals surface area contributed by atoms with Crippen molar-refractivity contribution in [2.24, 2.45) is 0 Å². The highest BCUT2D eigenvalue weighted by atomic mass is 32.2. The monoisotopic (exact) mass is 427 g/mol. The van der Waals surface area contributed by atoms with Gasteiger partial charge in [0.25, 0.3) is 11.8 Å². The van der Waals surface area contributed by atoms with Gasteiger partial charge in [0.15, 0.2) is 11.5 Å². The highest BCUT2D eigenvalue weighted by Gasteiger charge is 2.42. The molecule has 4 rings (SSSR count). The lowest BCUT2D eigenvalue weighted by Gasteiger charge is -2.22. The lowest BCUT2D eigenvalue weighted by atomic mass is 10.1. The third-order valence-corrected chi connectivity index (χ3v) is 6.34. The van der Waals surface area contributed by atoms with Gasteiger partial charge in [-0.25, -0.2) is 4.79 Å². The maximum Gasteiger partial charge on any atom is 0.322 e. The van der Waals surface area contributed by atoms with Gasteiger partial charge in [-0.1, -0.05) is 18.2 Å². The topological polar surface area (TPSA) is 97.0 Å². The Morgan fingerprint density at radius 2 is 1.93 bits per heavy atom. The van der Waals surface area contributed by atoms with Crippen molar-refractivity contribution in [1.29, 1.82) is 0 Å². The molecule has 1 atom stereocenters. The predicted octanol–water partition coefficient (Wildman–Crippen LogP) is 2.38. The van der Waals surface area contributed by atoms with Crippen molar-refractivity contribution in [3.05, 3.63) is 53.6 Å². The second kappa shape index (κ2) is 7.91. The lowest BCUT2D eigenvalue weighted by molar-refractivity contribution is -0.122. The summed E-state index contributed by atoms with van der Waals surface area (Å²) in [5, 5.41) is 4.88. The smallest absolute Gasteiger partial charge is 0.322 e. The highest BCUT2D eigenvalue weighted by Crippen LogP contribution is 2.33. The van der Waals surface area contributed by atoms with E-state index < -0.39 is 11.6 Å². The van der Waals surface area contributed by atoms with E-state index in [9.17, 15) is 14.4 Å². The molecule has 0 aliphatic carbocycles. The van der Waals surface area contributed by atoms with Crippen LogP contribution in [0.1, 0.15) is 22.8 Å². The lowest BCUT2D eigenvalue weighted by Crippen LogP contribution is -2.46. The number of nitrogens with one attached hydrogen (secondary N) is 2. The van der Waals surface area contributed by atoms with Crippen LogP contribution in [0.15, 0.2) is 47.4 Å². The first kappa shape index (κ1) is 20.1. The van der Waals surface area contributed by atoms with E-state index in [0.29, 0.717) is 29.4 Å². The number of hydrogen-bond acceptors (Lipinski definition) is 6. The van der Waals surface area contributed by atoms with Crippen molar-refractivity contribution in [2.75, 3.05) is 19.6 Å². The summed E-state index contributed by atoms with van der Waals surface area (Å²) in [5.41, 5.74) is 0.452. The number of urea groups is 1. The summed E-state index contributed by atoms with van der Waals surface area (Å²) in [6.07, 6.45) is 0. The van der Waals surface area contributed by atoms with Crippen LogP contribution in [0.5, 0.6) is 11.5 Å². The summed E-state index contributed by atoms with van der Waals surface area (Å²) in [7, 11) is 1.74. The minimum atomic E-state index is -1.02. The molecule has 0 saturated carbocycles. The second-order valence-electron chi connectivity index (χ2n) is 7.37. The van der Waals surface area contributed by atoms with Crippen LogP contribution in [0.4, 0.5) is 4.79 Å². The van der Waals surface area contributed by atoms with Crippen molar-refractivity contribution >= 4 is 29.6 Å². The maximum atomic E-state index is 13.1. The molecule has 1 unspecified atom stereocenters. The summed E-state index contributed by atoms with van der Waals surface area (Å²) in [4.78, 5) is 39.0. The molecular formula is C21H21N3O5S. The fourth-order valence-corrected chi connectivity index (χ4v) is 4.40. The molecule has 0 aromatic heterocycles. The molecule has 8 nitrogen and oxygen atoms in total. The zero-order chi connectivity index (χ0) is 21.3. The molecule has 0 spiro atoms. The molecule has 2 aromatic rings. The van der Waals surface area contributed by atoms with Crippen molar-refractivity contribution < 1.29 is 23.9 Å². The van der Waals surface area contributed by atoms with Crippen molar-refractivity contribution in [2.45, 2.75) is 23.9 Å². The zero-order valence-electron chi connectivity index (χ0n) is 16.6. The van der Waals surface area contributed by atoms with Gasteiger partial charge in [-0.15, -0.1) is 11.8 Å². The van der Waals surface area contributed by atoms with E-state index in [4.69, 9.17) is 9.47 Å². The standard InChI is InChI=1S/C21H21N3O5S/c1-21(19(26)22-20(27)23-21)11-30-17-6-4-3-5-14(17)18(25)24(2)10-13-7-8-15-16(9-13)29-12-28-15/h3-9H,10-12H2,1-2H3,(H2,22,23,26,27). The number of rotatable bonds is 6. The van der Waals surface area contributed by atoms with Crippen LogP contribution in [0.3, 0.4) is 0 Å². The van der Waals surface area contributed by atoms with Gasteiger partial charge in [0.2, 0.25) is 6.79 Å². The maximum absolute atomic E-state index is 13.1. The van der Waals surface area contributed by atoms with E-state index in [-0.39, 0.29) is 18.6 Å². The molecule has 1 saturated heterocycles. The van der Waals surface area contributed by atoms with Crippen molar-refractivity contribution in [3.8, 4) is 11.5 Å². The number of thioether (sulfide) groups is 1. The van der Waals surface area contributed by atoms with Gasteiger partial charge in [0.05, 0.1) is 5.56 Å². The average molecular weight is 427 g/mol. The molecule has 2 aromatic carbocycles. The van der Waals surface area contributed by atoms with Crippen LogP contribution < -0.4 is 20.1 Å². The molecule has 156 valence electrons. The van der Waals surface area contributed by atoms with Gasteiger partial charge in [-0.05, 0) is 36.8 Å². The average Bonchev–Trinajstić information content (AvgIpc) is 3.29. The number of carbonyl (C=O) groups is 3. The molecule has 2 N–H and O–H groups in total. The third-order valence-electron chi connectivity index (χ3n) is 4.95. The van der Waals surface area contributed by atoms with Gasteiger partial charge >= 0.3 is 6.03 Å². The molecule has 4 amide bonds. The van der Waals surface area contributed by atoms with E-state index in [1.165, 1.54) is 11.8 Å². The number of benzene rings is 2. The molecule has 2 heterocycles. The summed E-state index contributed by atoms with van der Waals surface area (Å²) in [6.45, 7) is 2.27. The van der Waals surface area contributed by atoms with Gasteiger partial charge < -0.3 is 19.7 Å². The SMILES string of the molecule is CN(Cc1ccc2c(c1)OCO2)C(=O)c1ccccc1SCC1(C)NC(=O)NC1=O. The predicted molar refractivity (Wildman–Crippen MR) is 111 cm³/mol. The Kier molecular flexibility index (Phi) is 5.29. The second-order valence-corrected chi connectivity index (χ2v) is 8.39. The fraction of sp³-hybridized carbons (Fsp3) is 0.286. The summed E-state index contributed by atoms with van der Waals surface area (Å²) in [6, 6.07) is 12.3. The summed E-state index contributed by atoms with van der Waals surface area (Å²) < 4.78 is 10.7. The summed E-state index contributed by atoms with van der Waals surface area (Å²) in [5.74, 6) is 1.17. The Hall–Kier alpha value is -3.20. The number of carbonyl (C=O) groups excluding carboxylic acids is 3. The van der Waals surface area contributed by atoms with Gasteiger partial charge in [0, 0.05) is 24.2 Å². The quantitative estimate of drug-likeness (QED) is 0.543. The first-order chi connectivity index (χ1) is 14.4. The molecule has 1 fully saturated rings. The van der Waals surface area contributed by atoms with E-state index in [1.54, 1.807) is 31.0 Å². The van der Waals surface area contributed by atoms with Crippen molar-refractivity contribution in [1.82, 2.24) is 15.5 Å². The Labute approximate surface area is 177 Å². The van der Waals surface area contributed by atoms with E-state index >= 15 is 0 Å². The minimum Gasteiger partial charge on any atom is -0.454 e. The number of fused-ring (bicyclic) bond motifs is 1. The van der Waals surface area contributed by atoms with Crippen LogP contribution in [0.2, 0.25) is 0 Å². The largest absolute Gasteiger partial charge is 0.454 e. The first-order valence-corrected chi connectivity index (χ1v) is 10.3. The van der Waals surface area contributed by atoms with Gasteiger partial charge in [-0.2, -0.15) is 0 Å². The number of nitrogens with zero attached hydrogens (tertiary/aromatic N) is 1. The Bertz CT molecular complexity index is 1030. The molecule has 0 radical (unpaired) electrons. The molecule has 2 aliphatic heterocycles. The normalized spacial score (nSPS) is 19.4. The molecule has 30 heavy (non-hydrogen) atoms. The molecule has 2 aliphatic rings. The minimum absolute atomic E-state index is 0.138. The Balaban J connectivity index is 1.46. The summed E-state index contributed by atoms with van der Waals surface area (Å²) >= 11 is 1.36. The highest BCUT2D eigenvalue weighted by molar-refractivity contribution is 7.99. The van der Waals surface area contributed by atoms with E-state index in [2.05, 4.69) is 10.6 Å². The van der Waals surface area contributed by atoms with Crippen LogP contribution in [0, 0.1) is 0 Å². The molecular weight excluding hydrogens is 406 g/mol. The number of hydrogen-bond donors (Lipinski definition) is 2. The van der Waals surface area contributed by atoms with E-state index in [1.807, 2.05) is 30.3 Å². The molecule has 0 bridgehead atoms. The third kappa shape index (κ3) is 3.93. The van der Waals surface area contributed by atoms with Crippen LogP contribution in [0.25, 0.3) is 0 Å². The number of amides is 4. The first-order valence-electron chi connectivity index (χ1n) is 9.35. The van der Waals surface area contributed by atoms with Gasteiger partial charge in [-0.3, -0.25) is 14.9 Å². The Morgan fingerprint density at radius 1 is 1.17 bits per heavy atom. The van der Waals surface area contributed by atoms with Gasteiger partial charge in [0.1, 0.15) is 5.54 Å². The van der Waals surface area contributed by atoms with Crippen molar-refractivity contribution in [3.63, 3.8) is 0 Å². The molecule has 9 heteroatoms. The number of imide groups is 1. The van der Waals surface area contributed by atoms with Crippen LogP contribution in [-0.4, -0.2) is 47.9 Å². The zero-order valence-corrected chi connectivity index (χ0v) is 17.4. The van der Waals surface area contributed by atoms with Crippen LogP contribution in [-0.2, 0) is 11.3 Å². The van der Waals surface area contributed by atoms with E-state index in [0.717, 1.165) is 10.5 Å². The fourth-order valence-electron chi connectivity index (χ4n) is 3.26.